The van der Waals surface area contributed by atoms with Gasteiger partial charge in [0.1, 0.15) is 0 Å². The number of halogens is 3. The molecule has 0 fully saturated rings. The van der Waals surface area contributed by atoms with Crippen LogP contribution in [0.5, 0.6) is 0 Å². The quantitative estimate of drug-likeness (QED) is 0.521. The van der Waals surface area contributed by atoms with Crippen molar-refractivity contribution in [3.05, 3.63) is 66.2 Å². The average Bonchev–Trinajstić information content (AvgIpc) is 3.30. The largest absolute Gasteiger partial charge is 0.493 e. The predicted molar refractivity (Wildman–Crippen MR) is 99.4 cm³/mol. The highest BCUT2D eigenvalue weighted by Gasteiger charge is 2.42. The van der Waals surface area contributed by atoms with Crippen molar-refractivity contribution in [2.75, 3.05) is 0 Å². The second-order valence-electron chi connectivity index (χ2n) is 6.58. The molecule has 0 unspecified atom stereocenters. The zero-order valence-corrected chi connectivity index (χ0v) is 15.4. The fraction of sp³-hybridized carbons (Fsp3) is 0.150. The van der Waals surface area contributed by atoms with Crippen molar-refractivity contribution in [1.82, 2.24) is 19.5 Å². The first kappa shape index (κ1) is 18.7. The van der Waals surface area contributed by atoms with Crippen LogP contribution in [0.15, 0.2) is 55.1 Å². The molecule has 4 aromatic rings. The molecule has 0 atom stereocenters. The van der Waals surface area contributed by atoms with Crippen LogP contribution in [-0.2, 0) is 4.79 Å². The summed E-state index contributed by atoms with van der Waals surface area (Å²) in [4.78, 5) is 19.6. The molecule has 4 rings (SSSR count). The van der Waals surface area contributed by atoms with Crippen LogP contribution in [0.25, 0.3) is 27.8 Å². The van der Waals surface area contributed by atoms with Crippen LogP contribution < -0.4 is 4.84 Å². The first-order valence-electron chi connectivity index (χ1n) is 8.62. The molecule has 1 aromatic carbocycles. The summed E-state index contributed by atoms with van der Waals surface area (Å²) in [6.07, 6.45) is 1.05. The number of aryl methyl sites for hydroxylation is 2. The van der Waals surface area contributed by atoms with Crippen molar-refractivity contribution in [3.63, 3.8) is 0 Å². The van der Waals surface area contributed by atoms with E-state index in [1.54, 1.807) is 16.9 Å². The molecule has 9 heteroatoms. The summed E-state index contributed by atoms with van der Waals surface area (Å²) in [5, 5.41) is 4.94. The molecule has 0 N–H and O–H groups in total. The number of hydrogen-bond donors (Lipinski definition) is 0. The average molecular weight is 400 g/mol. The van der Waals surface area contributed by atoms with Crippen molar-refractivity contribution in [3.8, 4) is 16.8 Å². The van der Waals surface area contributed by atoms with Gasteiger partial charge in [0.2, 0.25) is 0 Å². The molecule has 29 heavy (non-hydrogen) atoms. The lowest BCUT2D eigenvalue weighted by Gasteiger charge is -2.08. The number of pyridine rings is 1. The molecule has 3 heterocycles. The molecule has 0 aliphatic heterocycles. The molecule has 0 bridgehead atoms. The van der Waals surface area contributed by atoms with E-state index in [0.29, 0.717) is 15.7 Å². The van der Waals surface area contributed by atoms with Crippen LogP contribution in [0.2, 0.25) is 0 Å². The number of nitrogens with zero attached hydrogens (tertiary/aromatic N) is 4. The van der Waals surface area contributed by atoms with Gasteiger partial charge in [0, 0.05) is 29.5 Å². The molecule has 6 nitrogen and oxygen atoms in total. The summed E-state index contributed by atoms with van der Waals surface area (Å²) < 4.78 is 39.9. The van der Waals surface area contributed by atoms with Crippen molar-refractivity contribution < 1.29 is 22.8 Å². The van der Waals surface area contributed by atoms with Crippen LogP contribution in [0.1, 0.15) is 11.1 Å². The standard InChI is InChI=1S/C20H15F3N4O2/c1-12-3-4-13(2)17(9-12)26-11-14(10-25-26)15-5-7-24-18-16(15)6-8-27(18)29-19(28)20(21,22)23/h3-11H,1-2H3. The third kappa shape index (κ3) is 3.46. The SMILES string of the molecule is Cc1ccc(C)c(-n2cc(-c3ccnc4c3ccn4OC(=O)C(F)(F)F)cn2)c1. The lowest BCUT2D eigenvalue weighted by atomic mass is 10.1. The third-order valence-electron chi connectivity index (χ3n) is 4.47. The molecule has 0 amide bonds. The Labute approximate surface area is 163 Å². The van der Waals surface area contributed by atoms with Gasteiger partial charge in [-0.3, -0.25) is 0 Å². The van der Waals surface area contributed by atoms with Crippen LogP contribution >= 0.6 is 0 Å². The fourth-order valence-corrected chi connectivity index (χ4v) is 3.04. The first-order chi connectivity index (χ1) is 13.7. The number of aromatic nitrogens is 4. The van der Waals surface area contributed by atoms with Crippen LogP contribution in [0.3, 0.4) is 0 Å². The molecule has 0 aliphatic rings. The fourth-order valence-electron chi connectivity index (χ4n) is 3.04. The maximum absolute atomic E-state index is 12.5. The van der Waals surface area contributed by atoms with Gasteiger partial charge < -0.3 is 4.84 Å². The Hall–Kier alpha value is -3.62. The van der Waals surface area contributed by atoms with E-state index in [4.69, 9.17) is 0 Å². The first-order valence-corrected chi connectivity index (χ1v) is 8.62. The lowest BCUT2D eigenvalue weighted by molar-refractivity contribution is -0.199. The van der Waals surface area contributed by atoms with E-state index >= 15 is 0 Å². The topological polar surface area (TPSA) is 61.9 Å². The van der Waals surface area contributed by atoms with E-state index in [1.807, 2.05) is 38.2 Å². The minimum absolute atomic E-state index is 0.0968. The smallest absolute Gasteiger partial charge is 0.326 e. The van der Waals surface area contributed by atoms with Crippen LogP contribution in [-0.4, -0.2) is 31.6 Å². The summed E-state index contributed by atoms with van der Waals surface area (Å²) in [5.74, 6) is -2.31. The van der Waals surface area contributed by atoms with Crippen molar-refractivity contribution in [2.45, 2.75) is 20.0 Å². The van der Waals surface area contributed by atoms with Gasteiger partial charge >= 0.3 is 12.1 Å². The van der Waals surface area contributed by atoms with E-state index in [1.165, 1.54) is 18.5 Å². The number of fused-ring (bicyclic) bond motifs is 1. The van der Waals surface area contributed by atoms with E-state index < -0.39 is 12.1 Å². The Morgan fingerprint density at radius 3 is 2.69 bits per heavy atom. The van der Waals surface area contributed by atoms with E-state index in [9.17, 15) is 18.0 Å². The van der Waals surface area contributed by atoms with Gasteiger partial charge in [0.05, 0.1) is 11.9 Å². The Bertz CT molecular complexity index is 1220. The molecular weight excluding hydrogens is 385 g/mol. The molecule has 0 spiro atoms. The van der Waals surface area contributed by atoms with Gasteiger partial charge in [-0.1, -0.05) is 12.1 Å². The van der Waals surface area contributed by atoms with Gasteiger partial charge in [-0.15, -0.1) is 0 Å². The molecule has 148 valence electrons. The van der Waals surface area contributed by atoms with E-state index in [0.717, 1.165) is 22.4 Å². The highest BCUT2D eigenvalue weighted by Crippen LogP contribution is 2.29. The summed E-state index contributed by atoms with van der Waals surface area (Å²) in [5.41, 5.74) is 4.62. The third-order valence-corrected chi connectivity index (χ3v) is 4.47. The summed E-state index contributed by atoms with van der Waals surface area (Å²) in [6, 6.07) is 9.30. The number of benzene rings is 1. The molecule has 0 aliphatic carbocycles. The zero-order valence-electron chi connectivity index (χ0n) is 15.4. The maximum atomic E-state index is 12.5. The second kappa shape index (κ2) is 6.77. The minimum atomic E-state index is -5.10. The Kier molecular flexibility index (Phi) is 4.37. The van der Waals surface area contributed by atoms with Crippen molar-refractivity contribution >= 4 is 17.0 Å². The van der Waals surface area contributed by atoms with E-state index in [2.05, 4.69) is 14.9 Å². The number of hydrogen-bond acceptors (Lipinski definition) is 4. The predicted octanol–water partition coefficient (Wildman–Crippen LogP) is 4.02. The highest BCUT2D eigenvalue weighted by molar-refractivity contribution is 5.93. The second-order valence-corrected chi connectivity index (χ2v) is 6.58. The monoisotopic (exact) mass is 400 g/mol. The van der Waals surface area contributed by atoms with E-state index in [-0.39, 0.29) is 5.65 Å². The number of carbonyl (C=O) groups excluding carboxylic acids is 1. The Morgan fingerprint density at radius 1 is 1.14 bits per heavy atom. The normalized spacial score (nSPS) is 11.8. The maximum Gasteiger partial charge on any atom is 0.493 e. The summed E-state index contributed by atoms with van der Waals surface area (Å²) in [7, 11) is 0. The summed E-state index contributed by atoms with van der Waals surface area (Å²) in [6.45, 7) is 3.97. The Balaban J connectivity index is 1.73. The molecule has 0 saturated heterocycles. The zero-order chi connectivity index (χ0) is 20.8. The van der Waals surface area contributed by atoms with Crippen LogP contribution in [0.4, 0.5) is 13.2 Å². The van der Waals surface area contributed by atoms with Gasteiger partial charge in [0.25, 0.3) is 0 Å². The van der Waals surface area contributed by atoms with Crippen molar-refractivity contribution in [2.24, 2.45) is 0 Å². The molecule has 0 radical (unpaired) electrons. The Morgan fingerprint density at radius 2 is 1.93 bits per heavy atom. The van der Waals surface area contributed by atoms with Crippen molar-refractivity contribution in [1.29, 1.82) is 0 Å². The van der Waals surface area contributed by atoms with Gasteiger partial charge in [0.15, 0.2) is 5.65 Å². The number of rotatable bonds is 3. The van der Waals surface area contributed by atoms with Gasteiger partial charge in [-0.25, -0.2) is 14.5 Å². The number of alkyl halides is 3. The minimum Gasteiger partial charge on any atom is -0.326 e. The van der Waals surface area contributed by atoms with Crippen LogP contribution in [0, 0.1) is 13.8 Å². The lowest BCUT2D eigenvalue weighted by Crippen LogP contribution is -2.33. The molecule has 3 aromatic heterocycles. The summed E-state index contributed by atoms with van der Waals surface area (Å²) >= 11 is 0. The van der Waals surface area contributed by atoms with Gasteiger partial charge in [-0.05, 0) is 48.7 Å². The van der Waals surface area contributed by atoms with Gasteiger partial charge in [-0.2, -0.15) is 23.0 Å². The number of carbonyl (C=O) groups is 1. The molecule has 0 saturated carbocycles. The molecular formula is C20H15F3N4O2. The highest BCUT2D eigenvalue weighted by atomic mass is 19.4.